The van der Waals surface area contributed by atoms with Crippen molar-refractivity contribution >= 4 is 43.3 Å². The van der Waals surface area contributed by atoms with Crippen LogP contribution in [0, 0.1) is 0 Å². The van der Waals surface area contributed by atoms with E-state index in [1.807, 2.05) is 6.07 Å². The van der Waals surface area contributed by atoms with Gasteiger partial charge in [0, 0.05) is 18.6 Å². The Hall–Kier alpha value is -3.18. The summed E-state index contributed by atoms with van der Waals surface area (Å²) in [6, 6.07) is 12.3. The van der Waals surface area contributed by atoms with E-state index in [0.717, 1.165) is 4.70 Å². The minimum atomic E-state index is -3.49. The number of aromatic nitrogens is 1. The van der Waals surface area contributed by atoms with Crippen LogP contribution < -0.4 is 14.3 Å². The van der Waals surface area contributed by atoms with Crippen molar-refractivity contribution in [3.63, 3.8) is 0 Å². The molecule has 2 heterocycles. The molecular weight excluding hydrogens is 480 g/mol. The molecule has 1 aliphatic rings. The molecule has 0 fully saturated rings. The van der Waals surface area contributed by atoms with Gasteiger partial charge in [0.2, 0.25) is 5.91 Å². The van der Waals surface area contributed by atoms with Crippen LogP contribution in [-0.2, 0) is 36.5 Å². The zero-order valence-electron chi connectivity index (χ0n) is 18.6. The fraction of sp³-hybridized carbons (Fsp3) is 0.348. The van der Waals surface area contributed by atoms with E-state index in [1.54, 1.807) is 47.9 Å². The molecule has 0 aliphatic carbocycles. The molecule has 0 N–H and O–H groups in total. The number of esters is 1. The molecule has 0 atom stereocenters. The number of rotatable bonds is 8. The highest BCUT2D eigenvalue weighted by Crippen LogP contribution is 2.35. The van der Waals surface area contributed by atoms with E-state index >= 15 is 0 Å². The number of hydrogen-bond donors (Lipinski definition) is 0. The number of benzene rings is 2. The first-order valence-electron chi connectivity index (χ1n) is 10.7. The normalized spacial score (nSPS) is 13.7. The van der Waals surface area contributed by atoms with Crippen LogP contribution in [0.25, 0.3) is 10.2 Å². The van der Waals surface area contributed by atoms with E-state index in [2.05, 4.69) is 4.99 Å². The largest absolute Gasteiger partial charge is 0.486 e. The van der Waals surface area contributed by atoms with Crippen LogP contribution >= 0.6 is 11.3 Å². The maximum Gasteiger partial charge on any atom is 0.326 e. The molecule has 34 heavy (non-hydrogen) atoms. The molecule has 180 valence electrons. The number of carbonyl (C=O) groups is 2. The zero-order chi connectivity index (χ0) is 24.1. The van der Waals surface area contributed by atoms with Crippen molar-refractivity contribution in [1.29, 1.82) is 0 Å². The summed E-state index contributed by atoms with van der Waals surface area (Å²) in [4.78, 5) is 29.2. The van der Waals surface area contributed by atoms with Crippen molar-refractivity contribution < 1.29 is 32.2 Å². The molecule has 4 rings (SSSR count). The Morgan fingerprint density at radius 2 is 1.82 bits per heavy atom. The van der Waals surface area contributed by atoms with Gasteiger partial charge in [-0.2, -0.15) is 4.99 Å². The minimum absolute atomic E-state index is 0.140. The molecule has 0 saturated heterocycles. The van der Waals surface area contributed by atoms with Gasteiger partial charge < -0.3 is 18.8 Å². The van der Waals surface area contributed by atoms with Gasteiger partial charge in [-0.15, -0.1) is 0 Å². The second-order valence-corrected chi connectivity index (χ2v) is 10.8. The number of thiazole rings is 1. The lowest BCUT2D eigenvalue weighted by molar-refractivity contribution is -0.143. The Kier molecular flexibility index (Phi) is 7.32. The van der Waals surface area contributed by atoms with E-state index in [0.29, 0.717) is 35.8 Å². The fourth-order valence-corrected chi connectivity index (χ4v) is 5.87. The van der Waals surface area contributed by atoms with E-state index in [9.17, 15) is 18.0 Å². The number of carbonyl (C=O) groups excluding carboxylic acids is 2. The van der Waals surface area contributed by atoms with Gasteiger partial charge in [-0.25, -0.2) is 8.42 Å². The lowest BCUT2D eigenvalue weighted by Gasteiger charge is -2.18. The van der Waals surface area contributed by atoms with Crippen molar-refractivity contribution in [1.82, 2.24) is 4.57 Å². The lowest BCUT2D eigenvalue weighted by atomic mass is 10.2. The van der Waals surface area contributed by atoms with Gasteiger partial charge in [0.15, 0.2) is 26.1 Å². The summed E-state index contributed by atoms with van der Waals surface area (Å²) in [6.45, 7) is 2.62. The second kappa shape index (κ2) is 10.4. The van der Waals surface area contributed by atoms with Crippen LogP contribution in [0.1, 0.15) is 18.9 Å². The minimum Gasteiger partial charge on any atom is -0.486 e. The van der Waals surface area contributed by atoms with E-state index in [1.165, 1.54) is 11.3 Å². The maximum atomic E-state index is 12.6. The van der Waals surface area contributed by atoms with Crippen molar-refractivity contribution in [3.05, 3.63) is 52.8 Å². The Balaban J connectivity index is 1.60. The third kappa shape index (κ3) is 5.84. The molecule has 11 heteroatoms. The summed E-state index contributed by atoms with van der Waals surface area (Å²) in [5.74, 6) is -0.400. The van der Waals surface area contributed by atoms with Crippen LogP contribution in [0.5, 0.6) is 11.5 Å². The first-order chi connectivity index (χ1) is 16.3. The van der Waals surface area contributed by atoms with Gasteiger partial charge in [-0.1, -0.05) is 41.7 Å². The third-order valence-corrected chi connectivity index (χ3v) is 7.66. The summed E-state index contributed by atoms with van der Waals surface area (Å²) >= 11 is 1.20. The maximum absolute atomic E-state index is 12.6. The summed E-state index contributed by atoms with van der Waals surface area (Å²) in [5, 5.41) is 0. The summed E-state index contributed by atoms with van der Waals surface area (Å²) in [6.07, 6.45) is -0.258. The van der Waals surface area contributed by atoms with Crippen molar-refractivity contribution in [3.8, 4) is 11.5 Å². The molecule has 0 spiro atoms. The van der Waals surface area contributed by atoms with Gasteiger partial charge in [0.1, 0.15) is 19.8 Å². The quantitative estimate of drug-likeness (QED) is 0.433. The Labute approximate surface area is 200 Å². The van der Waals surface area contributed by atoms with E-state index in [-0.39, 0.29) is 35.9 Å². The third-order valence-electron chi connectivity index (χ3n) is 5.02. The van der Waals surface area contributed by atoms with Crippen LogP contribution in [-0.4, -0.2) is 50.4 Å². The highest BCUT2D eigenvalue weighted by molar-refractivity contribution is 7.90. The number of sulfone groups is 1. The molecule has 2 aromatic carbocycles. The smallest absolute Gasteiger partial charge is 0.326 e. The predicted molar refractivity (Wildman–Crippen MR) is 127 cm³/mol. The fourth-order valence-electron chi connectivity index (χ4n) is 3.49. The Bertz CT molecular complexity index is 1380. The highest BCUT2D eigenvalue weighted by atomic mass is 32.2. The summed E-state index contributed by atoms with van der Waals surface area (Å²) in [7, 11) is -3.49. The van der Waals surface area contributed by atoms with Crippen LogP contribution in [0.2, 0.25) is 0 Å². The standard InChI is InChI=1S/C23H24N2O7S2/c1-2-30-22(27)14-25-17-12-18-19(32-10-9-31-18)13-20(17)33-23(25)24-21(26)8-11-34(28,29)15-16-6-4-3-5-7-16/h3-7,12-13H,2,8-11,14-15H2,1H3. The SMILES string of the molecule is CCOC(=O)Cn1c(=NC(=O)CCS(=O)(=O)Cc2ccccc2)sc2cc3c(cc21)OCCO3. The topological polar surface area (TPSA) is 113 Å². The van der Waals surface area contributed by atoms with Gasteiger partial charge in [-0.05, 0) is 12.5 Å². The van der Waals surface area contributed by atoms with Gasteiger partial charge in [-0.3, -0.25) is 9.59 Å². The monoisotopic (exact) mass is 504 g/mol. The Morgan fingerprint density at radius 3 is 2.53 bits per heavy atom. The predicted octanol–water partition coefficient (Wildman–Crippen LogP) is 2.47. The first kappa shape index (κ1) is 24.0. The van der Waals surface area contributed by atoms with Crippen molar-refractivity contribution in [2.24, 2.45) is 4.99 Å². The average molecular weight is 505 g/mol. The second-order valence-electron chi connectivity index (χ2n) is 7.57. The van der Waals surface area contributed by atoms with Crippen molar-refractivity contribution in [2.45, 2.75) is 25.6 Å². The zero-order valence-corrected chi connectivity index (χ0v) is 20.2. The van der Waals surface area contributed by atoms with E-state index < -0.39 is 21.7 Å². The average Bonchev–Trinajstić information content (AvgIpc) is 3.12. The molecule has 3 aromatic rings. The van der Waals surface area contributed by atoms with Crippen LogP contribution in [0.4, 0.5) is 0 Å². The molecule has 9 nitrogen and oxygen atoms in total. The molecular formula is C23H24N2O7S2. The number of amides is 1. The van der Waals surface area contributed by atoms with Crippen molar-refractivity contribution in [2.75, 3.05) is 25.6 Å². The molecule has 0 bridgehead atoms. The number of hydrogen-bond acceptors (Lipinski definition) is 8. The summed E-state index contributed by atoms with van der Waals surface area (Å²) in [5.41, 5.74) is 1.31. The first-order valence-corrected chi connectivity index (χ1v) is 13.4. The molecule has 0 radical (unpaired) electrons. The molecule has 0 unspecified atom stereocenters. The molecule has 0 saturated carbocycles. The van der Waals surface area contributed by atoms with Gasteiger partial charge in [0.25, 0.3) is 0 Å². The molecule has 1 amide bonds. The van der Waals surface area contributed by atoms with Crippen LogP contribution in [0.3, 0.4) is 0 Å². The molecule has 1 aliphatic heterocycles. The van der Waals surface area contributed by atoms with Crippen LogP contribution in [0.15, 0.2) is 47.5 Å². The summed E-state index contributed by atoms with van der Waals surface area (Å²) < 4.78 is 43.5. The number of nitrogens with zero attached hydrogens (tertiary/aromatic N) is 2. The van der Waals surface area contributed by atoms with E-state index in [4.69, 9.17) is 14.2 Å². The Morgan fingerprint density at radius 1 is 1.12 bits per heavy atom. The van der Waals surface area contributed by atoms with Gasteiger partial charge >= 0.3 is 5.97 Å². The highest BCUT2D eigenvalue weighted by Gasteiger charge is 2.19. The lowest BCUT2D eigenvalue weighted by Crippen LogP contribution is -2.23. The number of ether oxygens (including phenoxy) is 3. The van der Waals surface area contributed by atoms with Gasteiger partial charge in [0.05, 0.1) is 28.3 Å². The molecule has 1 aromatic heterocycles. The number of fused-ring (bicyclic) bond motifs is 2.